The van der Waals surface area contributed by atoms with Gasteiger partial charge in [0.15, 0.2) is 11.5 Å². The molecule has 1 aliphatic carbocycles. The minimum absolute atomic E-state index is 0.141. The van der Waals surface area contributed by atoms with Crippen LogP contribution in [-0.4, -0.2) is 45.9 Å². The van der Waals surface area contributed by atoms with Crippen LogP contribution in [0.1, 0.15) is 46.7 Å². The average Bonchev–Trinajstić information content (AvgIpc) is 3.20. The smallest absolute Gasteiger partial charge is 0.229 e. The molecule has 1 aromatic heterocycles. The highest BCUT2D eigenvalue weighted by Crippen LogP contribution is 2.55. The van der Waals surface area contributed by atoms with Gasteiger partial charge in [-0.2, -0.15) is 9.97 Å². The van der Waals surface area contributed by atoms with E-state index in [1.54, 1.807) is 7.11 Å². The Morgan fingerprint density at radius 2 is 1.60 bits per heavy atom. The maximum Gasteiger partial charge on any atom is 0.229 e. The van der Waals surface area contributed by atoms with Crippen LogP contribution in [0.2, 0.25) is 0 Å². The van der Waals surface area contributed by atoms with Gasteiger partial charge < -0.3 is 19.5 Å². The zero-order chi connectivity index (χ0) is 27.1. The number of benzene rings is 3. The monoisotopic (exact) mass is 532 g/mol. The van der Waals surface area contributed by atoms with Crippen LogP contribution in [0.4, 0.5) is 5.95 Å². The molecule has 0 saturated heterocycles. The Morgan fingerprint density at radius 3 is 2.25 bits per heavy atom. The van der Waals surface area contributed by atoms with Gasteiger partial charge >= 0.3 is 0 Å². The van der Waals surface area contributed by atoms with Crippen molar-refractivity contribution in [2.75, 3.05) is 18.6 Å². The fourth-order valence-corrected chi connectivity index (χ4v) is 6.42. The summed E-state index contributed by atoms with van der Waals surface area (Å²) in [5.41, 5.74) is 4.36. The van der Waals surface area contributed by atoms with Crippen molar-refractivity contribution in [2.24, 2.45) is 0 Å². The van der Waals surface area contributed by atoms with Gasteiger partial charge in [-0.15, -0.1) is 0 Å². The first kappa shape index (κ1) is 24.8. The Balaban J connectivity index is 1.29. The number of ether oxygens (including phenoxy) is 2. The predicted molar refractivity (Wildman–Crippen MR) is 153 cm³/mol. The summed E-state index contributed by atoms with van der Waals surface area (Å²) in [4.78, 5) is 17.2. The summed E-state index contributed by atoms with van der Waals surface area (Å²) < 4.78 is 12.2. The third kappa shape index (κ3) is 4.40. The fourth-order valence-electron chi connectivity index (χ4n) is 6.42. The number of aliphatic hydroxyl groups excluding tert-OH is 1. The summed E-state index contributed by atoms with van der Waals surface area (Å²) in [6.07, 6.45) is 6.10. The quantitative estimate of drug-likeness (QED) is 0.358. The van der Waals surface area contributed by atoms with Crippen molar-refractivity contribution in [1.82, 2.24) is 15.0 Å². The van der Waals surface area contributed by atoms with E-state index >= 15 is 0 Å². The van der Waals surface area contributed by atoms with Crippen molar-refractivity contribution in [3.05, 3.63) is 119 Å². The summed E-state index contributed by atoms with van der Waals surface area (Å²) >= 11 is 0. The van der Waals surface area contributed by atoms with E-state index in [0.29, 0.717) is 31.8 Å². The molecule has 0 radical (unpaired) electrons. The van der Waals surface area contributed by atoms with Gasteiger partial charge in [-0.3, -0.25) is 0 Å². The van der Waals surface area contributed by atoms with Crippen molar-refractivity contribution in [1.29, 1.82) is 0 Å². The van der Waals surface area contributed by atoms with E-state index in [-0.39, 0.29) is 11.5 Å². The third-order valence-corrected chi connectivity index (χ3v) is 8.37. The Hall–Kier alpha value is -4.23. The van der Waals surface area contributed by atoms with Crippen molar-refractivity contribution < 1.29 is 14.6 Å². The summed E-state index contributed by atoms with van der Waals surface area (Å²) in [6.45, 7) is 1.40. The van der Waals surface area contributed by atoms with Gasteiger partial charge in [-0.1, -0.05) is 78.9 Å². The minimum Gasteiger partial charge on any atom is -0.493 e. The van der Waals surface area contributed by atoms with Gasteiger partial charge in [0.1, 0.15) is 17.8 Å². The number of hydrogen-bond acceptors (Lipinski definition) is 7. The first-order chi connectivity index (χ1) is 19.6. The zero-order valence-electron chi connectivity index (χ0n) is 22.5. The number of methoxy groups -OCH3 is 1. The molecule has 0 bridgehead atoms. The molecule has 40 heavy (non-hydrogen) atoms. The molecule has 1 N–H and O–H groups in total. The fraction of sp³-hybridized carbons (Fsp3) is 0.303. The molecule has 2 unspecified atom stereocenters. The molecule has 3 aliphatic rings. The molecule has 202 valence electrons. The molecular weight excluding hydrogens is 500 g/mol. The van der Waals surface area contributed by atoms with E-state index in [9.17, 15) is 5.11 Å². The Morgan fingerprint density at radius 1 is 0.925 bits per heavy atom. The van der Waals surface area contributed by atoms with E-state index in [4.69, 9.17) is 24.4 Å². The lowest BCUT2D eigenvalue weighted by molar-refractivity contribution is 0.0856. The molecule has 2 aliphatic heterocycles. The molecule has 0 saturated carbocycles. The molecule has 7 nitrogen and oxygen atoms in total. The second kappa shape index (κ2) is 10.1. The van der Waals surface area contributed by atoms with E-state index in [1.165, 1.54) is 22.3 Å². The number of rotatable bonds is 6. The van der Waals surface area contributed by atoms with Gasteiger partial charge in [0, 0.05) is 37.9 Å². The summed E-state index contributed by atoms with van der Waals surface area (Å²) in [5, 5.41) is 10.4. The van der Waals surface area contributed by atoms with Gasteiger partial charge in [-0.05, 0) is 29.2 Å². The topological polar surface area (TPSA) is 80.6 Å². The first-order valence-electron chi connectivity index (χ1n) is 13.9. The highest BCUT2D eigenvalue weighted by molar-refractivity contribution is 5.62. The molecule has 7 heteroatoms. The molecule has 3 atom stereocenters. The summed E-state index contributed by atoms with van der Waals surface area (Å²) in [5.74, 6) is 3.77. The van der Waals surface area contributed by atoms with Gasteiger partial charge in [-0.25, -0.2) is 4.98 Å². The highest BCUT2D eigenvalue weighted by atomic mass is 16.5. The SMILES string of the molecule is COc1ccc2c3c1OC1C[C@@H](O)C=CC31CCN(c1nc(Cc3ccccc3)nc(Cc3ccccc3)n1)C2. The standard InChI is InChI=1S/C33H32N4O3/c1-39-26-13-12-24-21-37(17-16-33-15-14-25(38)20-27(33)40-31(26)30(24)33)32-35-28(18-22-8-4-2-5-9-22)34-29(36-32)19-23-10-6-3-7-11-23/h2-15,25,27,38H,16-21H2,1H3/t25-,27?,33?/m0/s1. The van der Waals surface area contributed by atoms with Crippen LogP contribution in [0.15, 0.2) is 84.9 Å². The average molecular weight is 533 g/mol. The zero-order valence-corrected chi connectivity index (χ0v) is 22.5. The van der Waals surface area contributed by atoms with Crippen LogP contribution in [0.3, 0.4) is 0 Å². The number of aromatic nitrogens is 3. The Bertz CT molecular complexity index is 1500. The second-order valence-corrected chi connectivity index (χ2v) is 10.9. The Labute approximate surface area is 234 Å². The predicted octanol–water partition coefficient (Wildman–Crippen LogP) is 4.79. The first-order valence-corrected chi connectivity index (χ1v) is 13.9. The lowest BCUT2D eigenvalue weighted by atomic mass is 9.69. The molecule has 4 aromatic rings. The normalized spacial score (nSPS) is 22.7. The minimum atomic E-state index is -0.511. The van der Waals surface area contributed by atoms with Gasteiger partial charge in [0.05, 0.1) is 18.6 Å². The molecule has 7 rings (SSSR count). The third-order valence-electron chi connectivity index (χ3n) is 8.37. The lowest BCUT2D eigenvalue weighted by Crippen LogP contribution is -2.43. The Kier molecular flexibility index (Phi) is 6.24. The van der Waals surface area contributed by atoms with Crippen LogP contribution in [-0.2, 0) is 24.8 Å². The van der Waals surface area contributed by atoms with Crippen LogP contribution in [0.5, 0.6) is 11.5 Å². The van der Waals surface area contributed by atoms with E-state index < -0.39 is 6.10 Å². The summed E-state index contributed by atoms with van der Waals surface area (Å²) in [7, 11) is 1.68. The molecule has 3 aromatic carbocycles. The van der Waals surface area contributed by atoms with Gasteiger partial charge in [0.2, 0.25) is 5.95 Å². The summed E-state index contributed by atoms with van der Waals surface area (Å²) in [6, 6.07) is 24.8. The number of anilines is 1. The van der Waals surface area contributed by atoms with Crippen molar-refractivity contribution in [2.45, 2.75) is 49.9 Å². The van der Waals surface area contributed by atoms with Crippen molar-refractivity contribution in [3.8, 4) is 11.5 Å². The maximum atomic E-state index is 10.4. The highest BCUT2D eigenvalue weighted by Gasteiger charge is 2.53. The van der Waals surface area contributed by atoms with Crippen LogP contribution in [0.25, 0.3) is 0 Å². The number of hydrogen-bond donors (Lipinski definition) is 1. The largest absolute Gasteiger partial charge is 0.493 e. The van der Waals surface area contributed by atoms with E-state index in [1.807, 2.05) is 48.5 Å². The number of aliphatic hydroxyl groups is 1. The number of nitrogens with zero attached hydrogens (tertiary/aromatic N) is 4. The maximum absolute atomic E-state index is 10.4. The van der Waals surface area contributed by atoms with Crippen LogP contribution in [0, 0.1) is 0 Å². The van der Waals surface area contributed by atoms with Gasteiger partial charge in [0.25, 0.3) is 0 Å². The molecule has 3 heterocycles. The molecular formula is C33H32N4O3. The van der Waals surface area contributed by atoms with Crippen molar-refractivity contribution in [3.63, 3.8) is 0 Å². The second-order valence-electron chi connectivity index (χ2n) is 10.9. The van der Waals surface area contributed by atoms with E-state index in [2.05, 4.69) is 41.3 Å². The van der Waals surface area contributed by atoms with E-state index in [0.717, 1.165) is 36.1 Å². The molecule has 0 fully saturated rings. The van der Waals surface area contributed by atoms with Crippen LogP contribution < -0.4 is 14.4 Å². The molecule has 1 spiro atoms. The lowest BCUT2D eigenvalue weighted by Gasteiger charge is -2.35. The van der Waals surface area contributed by atoms with Crippen molar-refractivity contribution >= 4 is 5.95 Å². The van der Waals surface area contributed by atoms with Crippen LogP contribution >= 0.6 is 0 Å². The molecule has 0 amide bonds.